The first-order valence-corrected chi connectivity index (χ1v) is 6.27. The molecule has 0 saturated carbocycles. The molecule has 0 bridgehead atoms. The SMILES string of the molecule is CC(CCO)CNC(=O)C(C)NC(=O)c1ccco1. The maximum Gasteiger partial charge on any atom is 0.287 e. The summed E-state index contributed by atoms with van der Waals surface area (Å²) in [6.45, 7) is 4.11. The summed E-state index contributed by atoms with van der Waals surface area (Å²) in [7, 11) is 0. The van der Waals surface area contributed by atoms with Crippen molar-refractivity contribution < 1.29 is 19.1 Å². The summed E-state index contributed by atoms with van der Waals surface area (Å²) in [5.41, 5.74) is 0. The van der Waals surface area contributed by atoms with Crippen LogP contribution in [0.15, 0.2) is 22.8 Å². The Labute approximate surface area is 112 Å². The van der Waals surface area contributed by atoms with Crippen LogP contribution in [0.4, 0.5) is 0 Å². The third-order valence-corrected chi connectivity index (χ3v) is 2.73. The van der Waals surface area contributed by atoms with Crippen molar-refractivity contribution >= 4 is 11.8 Å². The summed E-state index contributed by atoms with van der Waals surface area (Å²) in [5, 5.41) is 14.0. The minimum absolute atomic E-state index is 0.0990. The summed E-state index contributed by atoms with van der Waals surface area (Å²) in [6.07, 6.45) is 2.03. The van der Waals surface area contributed by atoms with Crippen LogP contribution in [0.3, 0.4) is 0 Å². The van der Waals surface area contributed by atoms with Gasteiger partial charge in [-0.15, -0.1) is 0 Å². The highest BCUT2D eigenvalue weighted by atomic mass is 16.3. The van der Waals surface area contributed by atoms with Crippen LogP contribution in [0.1, 0.15) is 30.8 Å². The quantitative estimate of drug-likeness (QED) is 0.672. The lowest BCUT2D eigenvalue weighted by Crippen LogP contribution is -2.45. The molecule has 0 aliphatic rings. The first-order valence-electron chi connectivity index (χ1n) is 6.27. The number of furan rings is 1. The molecule has 0 aromatic carbocycles. The number of carbonyl (C=O) groups excluding carboxylic acids is 2. The molecule has 6 nitrogen and oxygen atoms in total. The van der Waals surface area contributed by atoms with Crippen molar-refractivity contribution in [3.8, 4) is 0 Å². The monoisotopic (exact) mass is 268 g/mol. The highest BCUT2D eigenvalue weighted by molar-refractivity contribution is 5.95. The number of carbonyl (C=O) groups is 2. The standard InChI is InChI=1S/C13H20N2O4/c1-9(5-6-16)8-14-12(17)10(2)15-13(18)11-4-3-7-19-11/h3-4,7,9-10,16H,5-6,8H2,1-2H3,(H,14,17)(H,15,18). The van der Waals surface area contributed by atoms with Crippen molar-refractivity contribution in [3.63, 3.8) is 0 Å². The molecule has 1 aromatic rings. The van der Waals surface area contributed by atoms with Gasteiger partial charge in [0.1, 0.15) is 6.04 Å². The molecule has 1 rings (SSSR count). The van der Waals surface area contributed by atoms with E-state index in [0.29, 0.717) is 13.0 Å². The lowest BCUT2D eigenvalue weighted by Gasteiger charge is -2.15. The van der Waals surface area contributed by atoms with E-state index in [0.717, 1.165) is 0 Å². The molecule has 2 amide bonds. The Balaban J connectivity index is 2.34. The van der Waals surface area contributed by atoms with Crippen molar-refractivity contribution in [2.24, 2.45) is 5.92 Å². The third-order valence-electron chi connectivity index (χ3n) is 2.73. The van der Waals surface area contributed by atoms with Gasteiger partial charge in [-0.3, -0.25) is 9.59 Å². The smallest absolute Gasteiger partial charge is 0.287 e. The first-order chi connectivity index (χ1) is 9.04. The van der Waals surface area contributed by atoms with E-state index in [1.165, 1.54) is 12.3 Å². The highest BCUT2D eigenvalue weighted by Gasteiger charge is 2.18. The summed E-state index contributed by atoms with van der Waals surface area (Å²) in [5.74, 6) is -0.309. The number of hydrogen-bond donors (Lipinski definition) is 3. The fourth-order valence-corrected chi connectivity index (χ4v) is 1.49. The number of aliphatic hydroxyl groups is 1. The van der Waals surface area contributed by atoms with E-state index in [1.807, 2.05) is 6.92 Å². The van der Waals surface area contributed by atoms with Crippen molar-refractivity contribution in [1.29, 1.82) is 0 Å². The molecule has 6 heteroatoms. The third kappa shape index (κ3) is 5.13. The molecular formula is C13H20N2O4. The normalized spacial score (nSPS) is 13.6. The predicted octanol–water partition coefficient (Wildman–Crippen LogP) is 0.533. The summed E-state index contributed by atoms with van der Waals surface area (Å²) < 4.78 is 4.93. The zero-order valence-electron chi connectivity index (χ0n) is 11.2. The van der Waals surface area contributed by atoms with E-state index >= 15 is 0 Å². The van der Waals surface area contributed by atoms with Crippen LogP contribution in [-0.4, -0.2) is 36.1 Å². The van der Waals surface area contributed by atoms with Crippen LogP contribution >= 0.6 is 0 Å². The van der Waals surface area contributed by atoms with Gasteiger partial charge in [0, 0.05) is 13.2 Å². The van der Waals surface area contributed by atoms with Crippen LogP contribution in [0, 0.1) is 5.92 Å². The molecule has 106 valence electrons. The lowest BCUT2D eigenvalue weighted by molar-refractivity contribution is -0.122. The minimum atomic E-state index is -0.640. The number of aliphatic hydroxyl groups excluding tert-OH is 1. The lowest BCUT2D eigenvalue weighted by atomic mass is 10.1. The van der Waals surface area contributed by atoms with Crippen molar-refractivity contribution in [3.05, 3.63) is 24.2 Å². The molecule has 2 atom stereocenters. The summed E-state index contributed by atoms with van der Waals surface area (Å²) >= 11 is 0. The van der Waals surface area contributed by atoms with E-state index < -0.39 is 11.9 Å². The Morgan fingerprint density at radius 2 is 2.16 bits per heavy atom. The van der Waals surface area contributed by atoms with Crippen molar-refractivity contribution in [2.45, 2.75) is 26.3 Å². The fraction of sp³-hybridized carbons (Fsp3) is 0.538. The van der Waals surface area contributed by atoms with Gasteiger partial charge in [0.05, 0.1) is 6.26 Å². The van der Waals surface area contributed by atoms with Gasteiger partial charge in [-0.1, -0.05) is 6.92 Å². The Bertz CT molecular complexity index is 403. The second kappa shape index (κ2) is 7.58. The Kier molecular flexibility index (Phi) is 6.08. The number of nitrogens with one attached hydrogen (secondary N) is 2. The first kappa shape index (κ1) is 15.2. The highest BCUT2D eigenvalue weighted by Crippen LogP contribution is 2.01. The Hall–Kier alpha value is -1.82. The number of amides is 2. The average molecular weight is 268 g/mol. The van der Waals surface area contributed by atoms with Crippen LogP contribution in [0.2, 0.25) is 0 Å². The number of rotatable bonds is 7. The van der Waals surface area contributed by atoms with Gasteiger partial charge in [0.25, 0.3) is 5.91 Å². The second-order valence-electron chi connectivity index (χ2n) is 4.54. The van der Waals surface area contributed by atoms with E-state index in [9.17, 15) is 9.59 Å². The molecule has 1 heterocycles. The van der Waals surface area contributed by atoms with Gasteiger partial charge in [0.2, 0.25) is 5.91 Å². The van der Waals surface area contributed by atoms with Gasteiger partial charge in [-0.05, 0) is 31.4 Å². The topological polar surface area (TPSA) is 91.6 Å². The van der Waals surface area contributed by atoms with Gasteiger partial charge >= 0.3 is 0 Å². The van der Waals surface area contributed by atoms with Crippen molar-refractivity contribution in [2.75, 3.05) is 13.2 Å². The largest absolute Gasteiger partial charge is 0.459 e. The predicted molar refractivity (Wildman–Crippen MR) is 69.5 cm³/mol. The molecule has 0 spiro atoms. The summed E-state index contributed by atoms with van der Waals surface area (Å²) in [4.78, 5) is 23.4. The van der Waals surface area contributed by atoms with Gasteiger partial charge in [-0.25, -0.2) is 0 Å². The number of hydrogen-bond acceptors (Lipinski definition) is 4. The van der Waals surface area contributed by atoms with Crippen molar-refractivity contribution in [1.82, 2.24) is 10.6 Å². The molecule has 0 aliphatic heterocycles. The van der Waals surface area contributed by atoms with Crippen LogP contribution < -0.4 is 10.6 Å². The zero-order valence-corrected chi connectivity index (χ0v) is 11.2. The zero-order chi connectivity index (χ0) is 14.3. The van der Waals surface area contributed by atoms with E-state index in [1.54, 1.807) is 13.0 Å². The van der Waals surface area contributed by atoms with E-state index in [-0.39, 0.29) is 24.2 Å². The van der Waals surface area contributed by atoms with Gasteiger partial charge in [-0.2, -0.15) is 0 Å². The Morgan fingerprint density at radius 1 is 1.42 bits per heavy atom. The molecule has 1 aromatic heterocycles. The second-order valence-corrected chi connectivity index (χ2v) is 4.54. The molecule has 0 aliphatic carbocycles. The molecule has 2 unspecified atom stereocenters. The van der Waals surface area contributed by atoms with Crippen LogP contribution in [0.25, 0.3) is 0 Å². The minimum Gasteiger partial charge on any atom is -0.459 e. The maximum atomic E-state index is 11.7. The molecule has 0 saturated heterocycles. The molecular weight excluding hydrogens is 248 g/mol. The van der Waals surface area contributed by atoms with Crippen LogP contribution in [-0.2, 0) is 4.79 Å². The van der Waals surface area contributed by atoms with Gasteiger partial charge in [0.15, 0.2) is 5.76 Å². The Morgan fingerprint density at radius 3 is 2.74 bits per heavy atom. The maximum absolute atomic E-state index is 11.7. The van der Waals surface area contributed by atoms with E-state index in [2.05, 4.69) is 10.6 Å². The molecule has 0 fully saturated rings. The molecule has 0 radical (unpaired) electrons. The van der Waals surface area contributed by atoms with Crippen LogP contribution in [0.5, 0.6) is 0 Å². The van der Waals surface area contributed by atoms with Gasteiger partial charge < -0.3 is 20.2 Å². The fourth-order valence-electron chi connectivity index (χ4n) is 1.49. The molecule has 19 heavy (non-hydrogen) atoms. The summed E-state index contributed by atoms with van der Waals surface area (Å²) in [6, 6.07) is 2.50. The van der Waals surface area contributed by atoms with E-state index in [4.69, 9.17) is 9.52 Å². The average Bonchev–Trinajstić information content (AvgIpc) is 2.90. The molecule has 3 N–H and O–H groups in total.